The van der Waals surface area contributed by atoms with Gasteiger partial charge in [0.25, 0.3) is 5.56 Å². The molecular formula is C20H18N4O. The zero-order valence-corrected chi connectivity index (χ0v) is 14.1. The number of aromatic nitrogens is 3. The summed E-state index contributed by atoms with van der Waals surface area (Å²) in [4.78, 5) is 20.7. The van der Waals surface area contributed by atoms with E-state index >= 15 is 0 Å². The molecule has 0 aliphatic rings. The van der Waals surface area contributed by atoms with Gasteiger partial charge in [0, 0.05) is 29.4 Å². The number of hydrogen-bond donors (Lipinski definition) is 1. The molecule has 3 aromatic rings. The minimum absolute atomic E-state index is 0.0491. The molecule has 1 aromatic carbocycles. The fraction of sp³-hybridized carbons (Fsp3) is 0.150. The second-order valence-electron chi connectivity index (χ2n) is 5.87. The molecule has 2 N–H and O–H groups in total. The predicted molar refractivity (Wildman–Crippen MR) is 98.9 cm³/mol. The van der Waals surface area contributed by atoms with Crippen molar-refractivity contribution in [3.05, 3.63) is 76.5 Å². The Hall–Kier alpha value is -3.39. The number of nitrogens with two attached hydrogens (primary N) is 1. The fourth-order valence-corrected chi connectivity index (χ4v) is 2.40. The van der Waals surface area contributed by atoms with Crippen molar-refractivity contribution < 1.29 is 0 Å². The number of rotatable bonds is 2. The van der Waals surface area contributed by atoms with Gasteiger partial charge >= 0.3 is 0 Å². The van der Waals surface area contributed by atoms with Crippen molar-refractivity contribution in [1.29, 1.82) is 0 Å². The average Bonchev–Trinajstić information content (AvgIpc) is 2.61. The molecule has 0 atom stereocenters. The number of benzene rings is 1. The van der Waals surface area contributed by atoms with Crippen molar-refractivity contribution in [2.45, 2.75) is 19.9 Å². The summed E-state index contributed by atoms with van der Waals surface area (Å²) in [5, 5.41) is 0. The summed E-state index contributed by atoms with van der Waals surface area (Å²) in [5.41, 5.74) is 8.47. The van der Waals surface area contributed by atoms with Crippen molar-refractivity contribution in [3.8, 4) is 23.1 Å². The van der Waals surface area contributed by atoms with Crippen LogP contribution in [0.2, 0.25) is 0 Å². The maximum Gasteiger partial charge on any atom is 0.250 e. The van der Waals surface area contributed by atoms with Gasteiger partial charge in [-0.25, -0.2) is 9.97 Å². The molecule has 5 heteroatoms. The Morgan fingerprint density at radius 3 is 2.56 bits per heavy atom. The SMILES string of the molecule is CC(C)n1cc(-c2ncc(N)nc2C#Cc2ccccc2)ccc1=O. The number of anilines is 1. The van der Waals surface area contributed by atoms with Crippen LogP contribution in [0.4, 0.5) is 5.82 Å². The zero-order valence-electron chi connectivity index (χ0n) is 14.1. The van der Waals surface area contributed by atoms with Gasteiger partial charge in [-0.1, -0.05) is 24.1 Å². The molecule has 3 rings (SSSR count). The lowest BCUT2D eigenvalue weighted by atomic mass is 10.1. The van der Waals surface area contributed by atoms with Crippen LogP contribution in [0.15, 0.2) is 59.7 Å². The molecule has 2 heterocycles. The highest BCUT2D eigenvalue weighted by Crippen LogP contribution is 2.20. The number of nitrogens with zero attached hydrogens (tertiary/aromatic N) is 3. The molecule has 0 amide bonds. The number of hydrogen-bond acceptors (Lipinski definition) is 4. The zero-order chi connectivity index (χ0) is 17.8. The molecule has 5 nitrogen and oxygen atoms in total. The van der Waals surface area contributed by atoms with Crippen LogP contribution in [0.25, 0.3) is 11.3 Å². The Labute approximate surface area is 146 Å². The van der Waals surface area contributed by atoms with Crippen molar-refractivity contribution in [3.63, 3.8) is 0 Å². The van der Waals surface area contributed by atoms with Gasteiger partial charge in [-0.3, -0.25) is 4.79 Å². The van der Waals surface area contributed by atoms with E-state index in [0.717, 1.165) is 11.1 Å². The highest BCUT2D eigenvalue weighted by Gasteiger charge is 2.10. The molecule has 0 aliphatic heterocycles. The summed E-state index contributed by atoms with van der Waals surface area (Å²) >= 11 is 0. The van der Waals surface area contributed by atoms with Crippen LogP contribution in [-0.2, 0) is 0 Å². The molecule has 0 fully saturated rings. The van der Waals surface area contributed by atoms with Gasteiger partial charge in [0.1, 0.15) is 17.2 Å². The molecule has 25 heavy (non-hydrogen) atoms. The first-order chi connectivity index (χ1) is 12.0. The van der Waals surface area contributed by atoms with Gasteiger partial charge < -0.3 is 10.3 Å². The Morgan fingerprint density at radius 2 is 1.84 bits per heavy atom. The van der Waals surface area contributed by atoms with Crippen LogP contribution in [0.3, 0.4) is 0 Å². The lowest BCUT2D eigenvalue weighted by Gasteiger charge is -2.12. The van der Waals surface area contributed by atoms with E-state index in [-0.39, 0.29) is 11.6 Å². The summed E-state index contributed by atoms with van der Waals surface area (Å²) < 4.78 is 1.65. The lowest BCUT2D eigenvalue weighted by Crippen LogP contribution is -2.20. The summed E-state index contributed by atoms with van der Waals surface area (Å²) in [6, 6.07) is 12.9. The summed E-state index contributed by atoms with van der Waals surface area (Å²) in [6.07, 6.45) is 3.27. The molecule has 0 radical (unpaired) electrons. The van der Waals surface area contributed by atoms with Gasteiger partial charge in [0.2, 0.25) is 0 Å². The quantitative estimate of drug-likeness (QED) is 0.733. The Kier molecular flexibility index (Phi) is 4.62. The smallest absolute Gasteiger partial charge is 0.250 e. The molecule has 0 saturated heterocycles. The van der Waals surface area contributed by atoms with Crippen LogP contribution in [0.1, 0.15) is 31.1 Å². The van der Waals surface area contributed by atoms with Crippen molar-refractivity contribution in [2.75, 3.05) is 5.73 Å². The summed E-state index contributed by atoms with van der Waals surface area (Å²) in [5.74, 6) is 6.42. The van der Waals surface area contributed by atoms with E-state index in [1.807, 2.05) is 44.2 Å². The first-order valence-corrected chi connectivity index (χ1v) is 7.97. The van der Waals surface area contributed by atoms with Crippen LogP contribution in [0.5, 0.6) is 0 Å². The van der Waals surface area contributed by atoms with E-state index < -0.39 is 0 Å². The van der Waals surface area contributed by atoms with E-state index in [1.165, 1.54) is 12.3 Å². The lowest BCUT2D eigenvalue weighted by molar-refractivity contribution is 0.579. The predicted octanol–water partition coefficient (Wildman–Crippen LogP) is 2.87. The third kappa shape index (κ3) is 3.75. The van der Waals surface area contributed by atoms with Crippen molar-refractivity contribution in [2.24, 2.45) is 0 Å². The Balaban J connectivity index is 2.11. The maximum absolute atomic E-state index is 12.0. The third-order valence-electron chi connectivity index (χ3n) is 3.66. The Morgan fingerprint density at radius 1 is 1.08 bits per heavy atom. The third-order valence-corrected chi connectivity index (χ3v) is 3.66. The summed E-state index contributed by atoms with van der Waals surface area (Å²) in [6.45, 7) is 3.91. The maximum atomic E-state index is 12.0. The number of nitrogen functional groups attached to an aromatic ring is 1. The Bertz CT molecular complexity index is 1010. The molecule has 0 unspecified atom stereocenters. The topological polar surface area (TPSA) is 73.8 Å². The normalized spacial score (nSPS) is 10.4. The van der Waals surface area contributed by atoms with Crippen LogP contribution in [0, 0.1) is 11.8 Å². The van der Waals surface area contributed by atoms with Crippen LogP contribution < -0.4 is 11.3 Å². The highest BCUT2D eigenvalue weighted by molar-refractivity contribution is 5.66. The fourth-order valence-electron chi connectivity index (χ4n) is 2.40. The molecule has 0 aliphatic carbocycles. The van der Waals surface area contributed by atoms with E-state index in [2.05, 4.69) is 21.8 Å². The standard InChI is InChI=1S/C20H18N4O/c1-14(2)24-13-16(9-11-19(24)25)20-17(23-18(21)12-22-20)10-8-15-6-4-3-5-7-15/h3-7,9,11-14H,1-2H3,(H2,21,23). The molecule has 124 valence electrons. The number of pyridine rings is 1. The largest absolute Gasteiger partial charge is 0.382 e. The van der Waals surface area contributed by atoms with Crippen LogP contribution >= 0.6 is 0 Å². The summed E-state index contributed by atoms with van der Waals surface area (Å²) in [7, 11) is 0. The van der Waals surface area contributed by atoms with E-state index in [4.69, 9.17) is 5.73 Å². The molecule has 0 bridgehead atoms. The first kappa shape index (κ1) is 16.5. The van der Waals surface area contributed by atoms with Gasteiger partial charge in [0.15, 0.2) is 0 Å². The second kappa shape index (κ2) is 7.02. The molecule has 2 aromatic heterocycles. The first-order valence-electron chi connectivity index (χ1n) is 7.97. The van der Waals surface area contributed by atoms with E-state index in [9.17, 15) is 4.79 Å². The monoisotopic (exact) mass is 330 g/mol. The van der Waals surface area contributed by atoms with Gasteiger partial charge in [-0.15, -0.1) is 0 Å². The van der Waals surface area contributed by atoms with Crippen molar-refractivity contribution >= 4 is 5.82 Å². The van der Waals surface area contributed by atoms with Gasteiger partial charge in [-0.05, 0) is 38.0 Å². The van der Waals surface area contributed by atoms with Crippen LogP contribution in [-0.4, -0.2) is 14.5 Å². The highest BCUT2D eigenvalue weighted by atomic mass is 16.1. The van der Waals surface area contributed by atoms with Gasteiger partial charge in [0.05, 0.1) is 6.20 Å². The second-order valence-corrected chi connectivity index (χ2v) is 5.87. The molecular weight excluding hydrogens is 312 g/mol. The van der Waals surface area contributed by atoms with Crippen molar-refractivity contribution in [1.82, 2.24) is 14.5 Å². The van der Waals surface area contributed by atoms with Gasteiger partial charge in [-0.2, -0.15) is 0 Å². The minimum Gasteiger partial charge on any atom is -0.382 e. The van der Waals surface area contributed by atoms with E-state index in [0.29, 0.717) is 17.2 Å². The molecule has 0 saturated carbocycles. The minimum atomic E-state index is -0.0564. The van der Waals surface area contributed by atoms with E-state index in [1.54, 1.807) is 16.8 Å². The average molecular weight is 330 g/mol. The molecule has 0 spiro atoms.